The lowest BCUT2D eigenvalue weighted by atomic mass is 10.1. The third-order valence-corrected chi connectivity index (χ3v) is 3.28. The average molecular weight is 264 g/mol. The van der Waals surface area contributed by atoms with Crippen molar-refractivity contribution in [2.45, 2.75) is 26.0 Å². The number of nitrogens with two attached hydrogens (primary N) is 1. The molecule has 1 aromatic carbocycles. The van der Waals surface area contributed by atoms with Crippen molar-refractivity contribution in [1.82, 2.24) is 0 Å². The van der Waals surface area contributed by atoms with Crippen LogP contribution in [0.3, 0.4) is 0 Å². The molecule has 5 nitrogen and oxygen atoms in total. The molecule has 1 heterocycles. The van der Waals surface area contributed by atoms with Crippen LogP contribution < -0.4 is 15.4 Å². The molecule has 1 aliphatic heterocycles. The second-order valence-corrected chi connectivity index (χ2v) is 4.63. The predicted molar refractivity (Wildman–Crippen MR) is 73.4 cm³/mol. The number of hydrogen-bond acceptors (Lipinski definition) is 4. The van der Waals surface area contributed by atoms with E-state index in [-0.39, 0.29) is 11.9 Å². The second kappa shape index (κ2) is 5.59. The number of ether oxygens (including phenoxy) is 2. The van der Waals surface area contributed by atoms with Crippen LogP contribution in [-0.4, -0.2) is 32.3 Å². The number of benzene rings is 1. The van der Waals surface area contributed by atoms with Crippen LogP contribution in [0.5, 0.6) is 5.75 Å². The predicted octanol–water partition coefficient (Wildman–Crippen LogP) is 1.47. The molecule has 0 aromatic heterocycles. The van der Waals surface area contributed by atoms with Gasteiger partial charge < -0.3 is 20.1 Å². The molecule has 2 unspecified atom stereocenters. The van der Waals surface area contributed by atoms with Crippen LogP contribution in [0.4, 0.5) is 5.69 Å². The van der Waals surface area contributed by atoms with Gasteiger partial charge in [-0.05, 0) is 31.5 Å². The van der Waals surface area contributed by atoms with Gasteiger partial charge in [-0.2, -0.15) is 0 Å². The first kappa shape index (κ1) is 13.8. The molecule has 0 radical (unpaired) electrons. The van der Waals surface area contributed by atoms with Crippen molar-refractivity contribution in [2.24, 2.45) is 5.73 Å². The molecule has 0 bridgehead atoms. The van der Waals surface area contributed by atoms with E-state index in [2.05, 4.69) is 0 Å². The Labute approximate surface area is 113 Å². The van der Waals surface area contributed by atoms with Crippen molar-refractivity contribution in [1.29, 1.82) is 0 Å². The van der Waals surface area contributed by atoms with Crippen LogP contribution in [0, 0.1) is 0 Å². The Balaban J connectivity index is 2.37. The Morgan fingerprint density at radius 3 is 2.89 bits per heavy atom. The number of fused-ring (bicyclic) bond motifs is 1. The van der Waals surface area contributed by atoms with E-state index in [4.69, 9.17) is 15.2 Å². The van der Waals surface area contributed by atoms with Crippen molar-refractivity contribution < 1.29 is 14.3 Å². The lowest BCUT2D eigenvalue weighted by Crippen LogP contribution is -2.44. The second-order valence-electron chi connectivity index (χ2n) is 4.63. The fourth-order valence-corrected chi connectivity index (χ4v) is 2.26. The molecule has 0 saturated heterocycles. The number of carbonyl (C=O) groups excluding carboxylic acids is 1. The van der Waals surface area contributed by atoms with E-state index in [9.17, 15) is 4.79 Å². The maximum atomic E-state index is 12.1. The molecule has 1 aliphatic rings. The van der Waals surface area contributed by atoms with Gasteiger partial charge in [0.05, 0.1) is 18.3 Å². The monoisotopic (exact) mass is 264 g/mol. The highest BCUT2D eigenvalue weighted by molar-refractivity contribution is 5.99. The third-order valence-electron chi connectivity index (χ3n) is 3.28. The summed E-state index contributed by atoms with van der Waals surface area (Å²) < 4.78 is 10.7. The molecule has 104 valence electrons. The van der Waals surface area contributed by atoms with Crippen LogP contribution >= 0.6 is 0 Å². The normalized spacial score (nSPS) is 19.9. The van der Waals surface area contributed by atoms with E-state index in [1.807, 2.05) is 25.1 Å². The van der Waals surface area contributed by atoms with E-state index in [0.29, 0.717) is 13.2 Å². The highest BCUT2D eigenvalue weighted by Gasteiger charge is 2.30. The summed E-state index contributed by atoms with van der Waals surface area (Å²) in [5.74, 6) is 0.703. The summed E-state index contributed by atoms with van der Waals surface area (Å²) >= 11 is 0. The van der Waals surface area contributed by atoms with Gasteiger partial charge in [-0.1, -0.05) is 6.07 Å². The van der Waals surface area contributed by atoms with E-state index in [0.717, 1.165) is 17.0 Å². The summed E-state index contributed by atoms with van der Waals surface area (Å²) in [5.41, 5.74) is 7.74. The SMILES string of the molecule is CCN1C(=O)C(C)Oc2ccc(C(N)COC)cc21. The van der Waals surface area contributed by atoms with E-state index in [1.165, 1.54) is 0 Å². The Morgan fingerprint density at radius 1 is 1.53 bits per heavy atom. The molecular formula is C14H20N2O3. The number of rotatable bonds is 4. The van der Waals surface area contributed by atoms with Crippen molar-refractivity contribution in [3.05, 3.63) is 23.8 Å². The Hall–Kier alpha value is -1.59. The van der Waals surface area contributed by atoms with E-state index in [1.54, 1.807) is 18.9 Å². The average Bonchev–Trinajstić information content (AvgIpc) is 2.40. The molecule has 1 amide bonds. The zero-order chi connectivity index (χ0) is 14.0. The molecule has 0 aliphatic carbocycles. The third kappa shape index (κ3) is 2.57. The summed E-state index contributed by atoms with van der Waals surface area (Å²) in [5, 5.41) is 0. The van der Waals surface area contributed by atoms with Gasteiger partial charge in [-0.25, -0.2) is 0 Å². The molecule has 0 spiro atoms. The smallest absolute Gasteiger partial charge is 0.267 e. The first-order valence-electron chi connectivity index (χ1n) is 6.45. The van der Waals surface area contributed by atoms with Crippen LogP contribution in [0.25, 0.3) is 0 Å². The number of hydrogen-bond donors (Lipinski definition) is 1. The number of amides is 1. The number of methoxy groups -OCH3 is 1. The Morgan fingerprint density at radius 2 is 2.26 bits per heavy atom. The van der Waals surface area contributed by atoms with Crippen molar-refractivity contribution in [2.75, 3.05) is 25.2 Å². The van der Waals surface area contributed by atoms with E-state index >= 15 is 0 Å². The lowest BCUT2D eigenvalue weighted by molar-refractivity contribution is -0.125. The lowest BCUT2D eigenvalue weighted by Gasteiger charge is -2.33. The first-order valence-corrected chi connectivity index (χ1v) is 6.45. The minimum absolute atomic E-state index is 0.0209. The summed E-state index contributed by atoms with van der Waals surface area (Å²) in [7, 11) is 1.62. The minimum Gasteiger partial charge on any atom is -0.479 e. The summed E-state index contributed by atoms with van der Waals surface area (Å²) in [6.07, 6.45) is -0.439. The van der Waals surface area contributed by atoms with Crippen LogP contribution in [0.1, 0.15) is 25.5 Å². The van der Waals surface area contributed by atoms with Crippen LogP contribution in [0.15, 0.2) is 18.2 Å². The molecule has 19 heavy (non-hydrogen) atoms. The highest BCUT2D eigenvalue weighted by atomic mass is 16.5. The molecule has 1 aromatic rings. The number of likely N-dealkylation sites (N-methyl/N-ethyl adjacent to an activating group) is 1. The van der Waals surface area contributed by atoms with Crippen molar-refractivity contribution in [3.63, 3.8) is 0 Å². The minimum atomic E-state index is -0.439. The molecule has 5 heteroatoms. The standard InChI is InChI=1S/C14H20N2O3/c1-4-16-12-7-10(11(15)8-18-3)5-6-13(12)19-9(2)14(16)17/h5-7,9,11H,4,8,15H2,1-3H3. The van der Waals surface area contributed by atoms with Gasteiger partial charge in [-0.15, -0.1) is 0 Å². The Bertz CT molecular complexity index is 476. The number of anilines is 1. The fraction of sp³-hybridized carbons (Fsp3) is 0.500. The molecule has 0 fully saturated rings. The van der Waals surface area contributed by atoms with Gasteiger partial charge in [0.15, 0.2) is 6.10 Å². The van der Waals surface area contributed by atoms with Gasteiger partial charge in [-0.3, -0.25) is 4.79 Å². The molecule has 2 N–H and O–H groups in total. The van der Waals surface area contributed by atoms with Gasteiger partial charge in [0.1, 0.15) is 5.75 Å². The van der Waals surface area contributed by atoms with E-state index < -0.39 is 6.10 Å². The van der Waals surface area contributed by atoms with Gasteiger partial charge in [0.2, 0.25) is 0 Å². The quantitative estimate of drug-likeness (QED) is 0.894. The van der Waals surface area contributed by atoms with Gasteiger partial charge in [0.25, 0.3) is 5.91 Å². The van der Waals surface area contributed by atoms with Crippen molar-refractivity contribution >= 4 is 11.6 Å². The fourth-order valence-electron chi connectivity index (χ4n) is 2.26. The topological polar surface area (TPSA) is 64.8 Å². The molecule has 0 saturated carbocycles. The summed E-state index contributed by atoms with van der Waals surface area (Å²) in [6, 6.07) is 5.49. The zero-order valence-corrected chi connectivity index (χ0v) is 11.6. The summed E-state index contributed by atoms with van der Waals surface area (Å²) in [4.78, 5) is 13.8. The maximum absolute atomic E-state index is 12.1. The van der Waals surface area contributed by atoms with Crippen LogP contribution in [-0.2, 0) is 9.53 Å². The number of carbonyl (C=O) groups is 1. The maximum Gasteiger partial charge on any atom is 0.267 e. The first-order chi connectivity index (χ1) is 9.08. The Kier molecular flexibility index (Phi) is 4.07. The van der Waals surface area contributed by atoms with Crippen LogP contribution in [0.2, 0.25) is 0 Å². The molecule has 2 atom stereocenters. The van der Waals surface area contributed by atoms with Crippen molar-refractivity contribution in [3.8, 4) is 5.75 Å². The largest absolute Gasteiger partial charge is 0.479 e. The molecular weight excluding hydrogens is 244 g/mol. The zero-order valence-electron chi connectivity index (χ0n) is 11.6. The van der Waals surface area contributed by atoms with Gasteiger partial charge in [0, 0.05) is 13.7 Å². The molecule has 2 rings (SSSR count). The highest BCUT2D eigenvalue weighted by Crippen LogP contribution is 2.35. The van der Waals surface area contributed by atoms with Gasteiger partial charge >= 0.3 is 0 Å². The summed E-state index contributed by atoms with van der Waals surface area (Å²) in [6.45, 7) is 4.76. The number of nitrogens with zero attached hydrogens (tertiary/aromatic N) is 1.